The molecule has 2 heterocycles. The topological polar surface area (TPSA) is 68.2 Å². The number of ether oxygens (including phenoxy) is 1. The van der Waals surface area contributed by atoms with Crippen molar-refractivity contribution in [1.29, 1.82) is 0 Å². The third-order valence-electron chi connectivity index (χ3n) is 5.10. The van der Waals surface area contributed by atoms with Crippen molar-refractivity contribution in [1.82, 2.24) is 20.4 Å². The van der Waals surface area contributed by atoms with Gasteiger partial charge in [0.15, 0.2) is 0 Å². The predicted octanol–water partition coefficient (Wildman–Crippen LogP) is 3.71. The van der Waals surface area contributed by atoms with E-state index in [0.29, 0.717) is 11.3 Å². The highest BCUT2D eigenvalue weighted by Crippen LogP contribution is 2.42. The van der Waals surface area contributed by atoms with E-state index in [9.17, 15) is 18.0 Å². The molecule has 168 valence electrons. The number of fused-ring (bicyclic) bond motifs is 1. The maximum Gasteiger partial charge on any atom is 0.433 e. The number of methoxy groups -OCH3 is 1. The molecule has 31 heavy (non-hydrogen) atoms. The Morgan fingerprint density at radius 1 is 1.29 bits per heavy atom. The van der Waals surface area contributed by atoms with Crippen LogP contribution in [-0.2, 0) is 22.9 Å². The molecule has 1 amide bonds. The molecule has 0 spiro atoms. The van der Waals surface area contributed by atoms with Crippen molar-refractivity contribution in [2.45, 2.75) is 51.9 Å². The first kappa shape index (κ1) is 22.7. The molecule has 0 saturated heterocycles. The summed E-state index contributed by atoms with van der Waals surface area (Å²) < 4.78 is 48.9. The summed E-state index contributed by atoms with van der Waals surface area (Å²) >= 11 is 0. The minimum atomic E-state index is -4.64. The van der Waals surface area contributed by atoms with Crippen molar-refractivity contribution in [3.8, 4) is 5.75 Å². The molecule has 0 saturated carbocycles. The molecular formula is C22H27F3N4O2. The number of hydrogen-bond acceptors (Lipinski definition) is 4. The molecule has 9 heteroatoms. The zero-order chi connectivity index (χ0) is 23.0. The molecule has 0 radical (unpaired) electrons. The number of hydrogen-bond donors (Lipinski definition) is 2. The lowest BCUT2D eigenvalue weighted by Crippen LogP contribution is -2.32. The first-order valence-electron chi connectivity index (χ1n) is 10.00. The average molecular weight is 436 g/mol. The molecule has 1 aliphatic heterocycles. The minimum Gasteiger partial charge on any atom is -0.497 e. The Hall–Kier alpha value is -2.97. The van der Waals surface area contributed by atoms with Gasteiger partial charge in [-0.25, -0.2) is 0 Å². The Bertz CT molecular complexity index is 989. The number of amides is 1. The SMILES string of the molecule is COc1ccc(Cn2nc3c(c2C(F)(F)F)C(C)(C)CNC=C3C(=O)NC(C)C)cc1. The van der Waals surface area contributed by atoms with Crippen LogP contribution < -0.4 is 15.4 Å². The van der Waals surface area contributed by atoms with Gasteiger partial charge in [0.05, 0.1) is 19.2 Å². The van der Waals surface area contributed by atoms with Crippen LogP contribution in [0.1, 0.15) is 50.2 Å². The van der Waals surface area contributed by atoms with Gasteiger partial charge in [-0.1, -0.05) is 26.0 Å². The molecule has 1 aliphatic rings. The molecule has 1 aromatic heterocycles. The quantitative estimate of drug-likeness (QED) is 0.750. The Kier molecular flexibility index (Phi) is 6.07. The fourth-order valence-corrected chi connectivity index (χ4v) is 3.68. The van der Waals surface area contributed by atoms with E-state index in [1.807, 2.05) is 0 Å². The van der Waals surface area contributed by atoms with Crippen LogP contribution in [0.15, 0.2) is 30.5 Å². The number of nitrogens with zero attached hydrogens (tertiary/aromatic N) is 2. The van der Waals surface area contributed by atoms with Gasteiger partial charge in [0.1, 0.15) is 17.1 Å². The van der Waals surface area contributed by atoms with Crippen molar-refractivity contribution in [2.75, 3.05) is 13.7 Å². The molecule has 0 atom stereocenters. The standard InChI is InChI=1S/C22H27F3N4O2/c1-13(2)27-20(30)16-10-26-12-21(3,4)17-18(16)28-29(19(17)22(23,24)25)11-14-6-8-15(31-5)9-7-14/h6-10,13,26H,11-12H2,1-5H3,(H,27,30). The van der Waals surface area contributed by atoms with Crippen LogP contribution in [0.4, 0.5) is 13.2 Å². The van der Waals surface area contributed by atoms with Crippen LogP contribution in [0.3, 0.4) is 0 Å². The van der Waals surface area contributed by atoms with E-state index < -0.39 is 23.2 Å². The van der Waals surface area contributed by atoms with Gasteiger partial charge in [-0.2, -0.15) is 18.3 Å². The summed E-state index contributed by atoms with van der Waals surface area (Å²) in [5.74, 6) is 0.142. The van der Waals surface area contributed by atoms with Crippen LogP contribution >= 0.6 is 0 Å². The van der Waals surface area contributed by atoms with Gasteiger partial charge in [0.25, 0.3) is 5.91 Å². The number of rotatable bonds is 5. The zero-order valence-electron chi connectivity index (χ0n) is 18.2. The highest BCUT2D eigenvalue weighted by atomic mass is 19.4. The Morgan fingerprint density at radius 3 is 2.48 bits per heavy atom. The van der Waals surface area contributed by atoms with Crippen molar-refractivity contribution in [2.24, 2.45) is 0 Å². The summed E-state index contributed by atoms with van der Waals surface area (Å²) in [5.41, 5.74) is -0.951. The van der Waals surface area contributed by atoms with Crippen LogP contribution in [0.25, 0.3) is 5.57 Å². The predicted molar refractivity (Wildman–Crippen MR) is 112 cm³/mol. The van der Waals surface area contributed by atoms with Gasteiger partial charge in [0, 0.05) is 29.8 Å². The Morgan fingerprint density at radius 2 is 1.94 bits per heavy atom. The second kappa shape index (κ2) is 8.28. The largest absolute Gasteiger partial charge is 0.497 e. The fourth-order valence-electron chi connectivity index (χ4n) is 3.68. The van der Waals surface area contributed by atoms with E-state index >= 15 is 0 Å². The van der Waals surface area contributed by atoms with E-state index in [2.05, 4.69) is 15.7 Å². The van der Waals surface area contributed by atoms with Crippen LogP contribution in [0.2, 0.25) is 0 Å². The lowest BCUT2D eigenvalue weighted by Gasteiger charge is -2.26. The molecule has 0 aliphatic carbocycles. The van der Waals surface area contributed by atoms with Crippen LogP contribution in [0.5, 0.6) is 5.75 Å². The number of aromatic nitrogens is 2. The fraction of sp³-hybridized carbons (Fsp3) is 0.455. The number of carbonyl (C=O) groups is 1. The summed E-state index contributed by atoms with van der Waals surface area (Å²) in [6.07, 6.45) is -3.19. The first-order valence-corrected chi connectivity index (χ1v) is 10.00. The third-order valence-corrected chi connectivity index (χ3v) is 5.10. The maximum atomic E-state index is 14.3. The second-order valence-electron chi connectivity index (χ2n) is 8.53. The molecular weight excluding hydrogens is 409 g/mol. The Balaban J connectivity index is 2.17. The molecule has 3 rings (SSSR count). The van der Waals surface area contributed by atoms with Gasteiger partial charge >= 0.3 is 6.18 Å². The highest BCUT2D eigenvalue weighted by Gasteiger charge is 2.46. The van der Waals surface area contributed by atoms with Gasteiger partial charge in [-0.3, -0.25) is 9.48 Å². The molecule has 6 nitrogen and oxygen atoms in total. The van der Waals surface area contributed by atoms with E-state index in [1.54, 1.807) is 52.0 Å². The molecule has 2 aromatic rings. The summed E-state index contributed by atoms with van der Waals surface area (Å²) in [4.78, 5) is 12.8. The van der Waals surface area contributed by atoms with E-state index in [-0.39, 0.29) is 36.0 Å². The van der Waals surface area contributed by atoms with Gasteiger partial charge in [-0.05, 0) is 31.5 Å². The van der Waals surface area contributed by atoms with Crippen LogP contribution in [-0.4, -0.2) is 35.4 Å². The Labute approximate surface area is 179 Å². The minimum absolute atomic E-state index is 0.0173. The van der Waals surface area contributed by atoms with Crippen LogP contribution in [0, 0.1) is 0 Å². The lowest BCUT2D eigenvalue weighted by atomic mass is 9.82. The number of halogens is 3. The first-order chi connectivity index (χ1) is 14.4. The van der Waals surface area contributed by atoms with E-state index in [1.165, 1.54) is 13.3 Å². The van der Waals surface area contributed by atoms with Crippen molar-refractivity contribution < 1.29 is 22.7 Å². The summed E-state index contributed by atoms with van der Waals surface area (Å²) in [6, 6.07) is 6.59. The maximum absolute atomic E-state index is 14.3. The van der Waals surface area contributed by atoms with Gasteiger partial charge in [0.2, 0.25) is 0 Å². The van der Waals surface area contributed by atoms with Gasteiger partial charge < -0.3 is 15.4 Å². The molecule has 0 unspecified atom stereocenters. The van der Waals surface area contributed by atoms with Crippen molar-refractivity contribution in [3.63, 3.8) is 0 Å². The number of benzene rings is 1. The molecule has 2 N–H and O–H groups in total. The van der Waals surface area contributed by atoms with E-state index in [0.717, 1.165) is 4.68 Å². The number of carbonyl (C=O) groups excluding carboxylic acids is 1. The van der Waals surface area contributed by atoms with E-state index in [4.69, 9.17) is 4.74 Å². The number of nitrogens with one attached hydrogen (secondary N) is 2. The van der Waals surface area contributed by atoms with Crippen molar-refractivity contribution >= 4 is 11.5 Å². The summed E-state index contributed by atoms with van der Waals surface area (Å²) in [7, 11) is 1.52. The normalized spacial score (nSPS) is 15.6. The number of alkyl halides is 3. The third kappa shape index (κ3) is 4.70. The van der Waals surface area contributed by atoms with Crippen molar-refractivity contribution in [3.05, 3.63) is 53.0 Å². The molecule has 0 fully saturated rings. The second-order valence-corrected chi connectivity index (χ2v) is 8.53. The van der Waals surface area contributed by atoms with Gasteiger partial charge in [-0.15, -0.1) is 0 Å². The molecule has 0 bridgehead atoms. The lowest BCUT2D eigenvalue weighted by molar-refractivity contribution is -0.145. The highest BCUT2D eigenvalue weighted by molar-refractivity contribution is 6.19. The molecule has 1 aromatic carbocycles. The smallest absolute Gasteiger partial charge is 0.433 e. The average Bonchev–Trinajstić information content (AvgIpc) is 2.99. The monoisotopic (exact) mass is 436 g/mol. The zero-order valence-corrected chi connectivity index (χ0v) is 18.2. The summed E-state index contributed by atoms with van der Waals surface area (Å²) in [6.45, 7) is 7.15. The summed E-state index contributed by atoms with van der Waals surface area (Å²) in [5, 5.41) is 10.0.